The zero-order valence-corrected chi connectivity index (χ0v) is 12.5. The minimum Gasteiger partial charge on any atom is -0.308 e. The maximum absolute atomic E-state index is 4.42. The first-order valence-corrected chi connectivity index (χ1v) is 7.66. The van der Waals surface area contributed by atoms with Crippen molar-refractivity contribution in [2.24, 2.45) is 0 Å². The Morgan fingerprint density at radius 3 is 2.84 bits per heavy atom. The average molecular weight is 279 g/mol. The molecule has 0 aromatic carbocycles. The van der Waals surface area contributed by atoms with Crippen molar-refractivity contribution in [3.63, 3.8) is 0 Å². The lowest BCUT2D eigenvalue weighted by Gasteiger charge is -2.17. The first-order valence-electron chi connectivity index (χ1n) is 6.72. The molecule has 0 saturated carbocycles. The summed E-state index contributed by atoms with van der Waals surface area (Å²) in [4.78, 5) is 8.81. The first-order chi connectivity index (χ1) is 9.22. The molecule has 6 heteroatoms. The molecule has 2 aromatic heterocycles. The molecule has 2 heterocycles. The van der Waals surface area contributed by atoms with Gasteiger partial charge in [0.1, 0.15) is 12.2 Å². The van der Waals surface area contributed by atoms with E-state index in [2.05, 4.69) is 46.5 Å². The topological polar surface area (TPSA) is 55.6 Å². The number of aromatic nitrogens is 4. The number of nitrogens with one attached hydrogen (secondary N) is 1. The quantitative estimate of drug-likeness (QED) is 0.846. The van der Waals surface area contributed by atoms with Gasteiger partial charge in [-0.2, -0.15) is 5.10 Å². The van der Waals surface area contributed by atoms with Crippen LogP contribution in [0, 0.1) is 0 Å². The lowest BCUT2D eigenvalue weighted by Crippen LogP contribution is -2.26. The van der Waals surface area contributed by atoms with Gasteiger partial charge in [-0.25, -0.2) is 14.6 Å². The number of nitrogens with zero attached hydrogens (tertiary/aromatic N) is 4. The molecule has 2 rings (SSSR count). The summed E-state index contributed by atoms with van der Waals surface area (Å²) in [6.07, 6.45) is 3.56. The molecule has 19 heavy (non-hydrogen) atoms. The van der Waals surface area contributed by atoms with Crippen molar-refractivity contribution in [2.75, 3.05) is 6.54 Å². The normalized spacial score (nSPS) is 13.1. The number of hydrogen-bond donors (Lipinski definition) is 1. The van der Waals surface area contributed by atoms with Crippen LogP contribution in [0.2, 0.25) is 0 Å². The third kappa shape index (κ3) is 3.61. The Hall–Kier alpha value is -1.27. The van der Waals surface area contributed by atoms with Crippen molar-refractivity contribution in [3.8, 4) is 0 Å². The lowest BCUT2D eigenvalue weighted by molar-refractivity contribution is 0.459. The fourth-order valence-electron chi connectivity index (χ4n) is 2.03. The Morgan fingerprint density at radius 2 is 2.21 bits per heavy atom. The van der Waals surface area contributed by atoms with E-state index in [0.29, 0.717) is 6.04 Å². The van der Waals surface area contributed by atoms with Gasteiger partial charge in [0.05, 0.1) is 17.2 Å². The Morgan fingerprint density at radius 1 is 1.37 bits per heavy atom. The van der Waals surface area contributed by atoms with Crippen LogP contribution in [0.1, 0.15) is 50.8 Å². The molecule has 0 spiro atoms. The van der Waals surface area contributed by atoms with Gasteiger partial charge in [0.15, 0.2) is 0 Å². The van der Waals surface area contributed by atoms with Gasteiger partial charge >= 0.3 is 0 Å². The van der Waals surface area contributed by atoms with Crippen LogP contribution in [0.15, 0.2) is 17.2 Å². The van der Waals surface area contributed by atoms with Gasteiger partial charge in [-0.05, 0) is 26.8 Å². The molecule has 1 N–H and O–H groups in total. The summed E-state index contributed by atoms with van der Waals surface area (Å²) in [6, 6.07) is 0.549. The van der Waals surface area contributed by atoms with E-state index < -0.39 is 0 Å². The molecule has 104 valence electrons. The molecule has 0 amide bonds. The molecule has 0 saturated heterocycles. The van der Waals surface area contributed by atoms with Gasteiger partial charge in [-0.1, -0.05) is 6.92 Å². The summed E-state index contributed by atoms with van der Waals surface area (Å²) in [6.45, 7) is 7.39. The molecule has 0 aliphatic heterocycles. The lowest BCUT2D eigenvalue weighted by atomic mass is 10.1. The van der Waals surface area contributed by atoms with Gasteiger partial charge in [0.25, 0.3) is 0 Å². The minimum atomic E-state index is 0.216. The van der Waals surface area contributed by atoms with Gasteiger partial charge in [0.2, 0.25) is 0 Å². The highest BCUT2D eigenvalue weighted by Crippen LogP contribution is 2.18. The molecule has 0 fully saturated rings. The maximum atomic E-state index is 4.42. The number of rotatable bonds is 7. The summed E-state index contributed by atoms with van der Waals surface area (Å²) < 4.78 is 1.98. The Bertz CT molecular complexity index is 477. The Kier molecular flexibility index (Phi) is 5.04. The highest BCUT2D eigenvalue weighted by Gasteiger charge is 2.17. The van der Waals surface area contributed by atoms with E-state index in [1.165, 1.54) is 0 Å². The van der Waals surface area contributed by atoms with E-state index >= 15 is 0 Å². The van der Waals surface area contributed by atoms with Crippen molar-refractivity contribution in [1.29, 1.82) is 0 Å². The summed E-state index contributed by atoms with van der Waals surface area (Å²) >= 11 is 1.63. The van der Waals surface area contributed by atoms with Gasteiger partial charge in [-0.15, -0.1) is 11.3 Å². The fraction of sp³-hybridized carbons (Fsp3) is 0.615. The van der Waals surface area contributed by atoms with E-state index in [9.17, 15) is 0 Å². The predicted octanol–water partition coefficient (Wildman–Crippen LogP) is 2.60. The second-order valence-electron chi connectivity index (χ2n) is 4.84. The van der Waals surface area contributed by atoms with Crippen LogP contribution < -0.4 is 5.32 Å². The van der Waals surface area contributed by atoms with E-state index in [-0.39, 0.29) is 6.04 Å². The zero-order chi connectivity index (χ0) is 13.7. The van der Waals surface area contributed by atoms with E-state index in [1.54, 1.807) is 17.7 Å². The SMILES string of the molecule is CCCNC(Cc1ncnn1C(C)C)c1cscn1. The molecular formula is C13H21N5S. The monoisotopic (exact) mass is 279 g/mol. The van der Waals surface area contributed by atoms with Gasteiger partial charge in [0, 0.05) is 17.8 Å². The minimum absolute atomic E-state index is 0.216. The van der Waals surface area contributed by atoms with Gasteiger partial charge in [-0.3, -0.25) is 0 Å². The third-order valence-corrected chi connectivity index (χ3v) is 3.58. The second-order valence-corrected chi connectivity index (χ2v) is 5.56. The molecule has 5 nitrogen and oxygen atoms in total. The Balaban J connectivity index is 2.13. The van der Waals surface area contributed by atoms with Gasteiger partial charge < -0.3 is 5.32 Å². The summed E-state index contributed by atoms with van der Waals surface area (Å²) in [5.74, 6) is 1.01. The molecule has 0 aliphatic carbocycles. The van der Waals surface area contributed by atoms with Crippen LogP contribution >= 0.6 is 11.3 Å². The van der Waals surface area contributed by atoms with E-state index in [4.69, 9.17) is 0 Å². The van der Waals surface area contributed by atoms with E-state index in [1.807, 2.05) is 10.2 Å². The van der Waals surface area contributed by atoms with Crippen molar-refractivity contribution in [3.05, 3.63) is 28.7 Å². The standard InChI is InChI=1S/C13H21N5S/c1-4-5-14-11(12-7-19-9-16-12)6-13-15-8-17-18(13)10(2)3/h7-11,14H,4-6H2,1-3H3. The third-order valence-electron chi connectivity index (χ3n) is 2.97. The van der Waals surface area contributed by atoms with Crippen molar-refractivity contribution >= 4 is 11.3 Å². The highest BCUT2D eigenvalue weighted by atomic mass is 32.1. The van der Waals surface area contributed by atoms with Crippen molar-refractivity contribution in [1.82, 2.24) is 25.1 Å². The highest BCUT2D eigenvalue weighted by molar-refractivity contribution is 7.07. The van der Waals surface area contributed by atoms with Crippen LogP contribution in [0.5, 0.6) is 0 Å². The molecule has 2 aromatic rings. The van der Waals surface area contributed by atoms with Crippen molar-refractivity contribution < 1.29 is 0 Å². The Labute approximate surface area is 118 Å². The largest absolute Gasteiger partial charge is 0.308 e. The maximum Gasteiger partial charge on any atom is 0.138 e. The fourth-order valence-corrected chi connectivity index (χ4v) is 2.64. The van der Waals surface area contributed by atoms with E-state index in [0.717, 1.165) is 30.9 Å². The molecule has 0 radical (unpaired) electrons. The van der Waals surface area contributed by atoms with Crippen LogP contribution in [-0.4, -0.2) is 26.3 Å². The summed E-state index contributed by atoms with van der Waals surface area (Å²) in [5.41, 5.74) is 2.97. The first kappa shape index (κ1) is 14.1. The average Bonchev–Trinajstić information content (AvgIpc) is 3.04. The predicted molar refractivity (Wildman–Crippen MR) is 77.3 cm³/mol. The summed E-state index contributed by atoms with van der Waals surface area (Å²) in [7, 11) is 0. The zero-order valence-electron chi connectivity index (χ0n) is 11.7. The smallest absolute Gasteiger partial charge is 0.138 e. The molecule has 1 atom stereocenters. The molecule has 0 bridgehead atoms. The molecular weight excluding hydrogens is 258 g/mol. The summed E-state index contributed by atoms with van der Waals surface area (Å²) in [5, 5.41) is 9.93. The van der Waals surface area contributed by atoms with Crippen molar-refractivity contribution in [2.45, 2.75) is 45.7 Å². The van der Waals surface area contributed by atoms with Crippen LogP contribution in [-0.2, 0) is 6.42 Å². The molecule has 1 unspecified atom stereocenters. The number of hydrogen-bond acceptors (Lipinski definition) is 5. The van der Waals surface area contributed by atoms with Crippen LogP contribution in [0.3, 0.4) is 0 Å². The van der Waals surface area contributed by atoms with Crippen LogP contribution in [0.25, 0.3) is 0 Å². The second kappa shape index (κ2) is 6.77. The molecule has 0 aliphatic rings. The number of thiazole rings is 1. The van der Waals surface area contributed by atoms with Crippen LogP contribution in [0.4, 0.5) is 0 Å².